The molecule has 2 fully saturated rings. The highest BCUT2D eigenvalue weighted by Crippen LogP contribution is 2.48. The van der Waals surface area contributed by atoms with Crippen molar-refractivity contribution in [2.75, 3.05) is 0 Å². The van der Waals surface area contributed by atoms with E-state index in [1.165, 1.54) is 0 Å². The second-order valence-electron chi connectivity index (χ2n) is 8.25. The molecule has 5 atom stereocenters. The number of hydrogen-bond donors (Lipinski definition) is 1. The lowest BCUT2D eigenvalue weighted by atomic mass is 9.83. The van der Waals surface area contributed by atoms with Gasteiger partial charge in [-0.3, -0.25) is 0 Å². The molecule has 0 aliphatic carbocycles. The van der Waals surface area contributed by atoms with Gasteiger partial charge >= 0.3 is 5.97 Å². The maximum Gasteiger partial charge on any atom is 0.338 e. The first kappa shape index (κ1) is 19.5. The molecule has 0 amide bonds. The number of fused-ring (bicyclic) bond motifs is 1. The number of benzene rings is 2. The van der Waals surface area contributed by atoms with E-state index in [0.717, 1.165) is 11.1 Å². The van der Waals surface area contributed by atoms with Gasteiger partial charge < -0.3 is 9.47 Å². The van der Waals surface area contributed by atoms with Crippen molar-refractivity contribution in [3.63, 3.8) is 0 Å². The Morgan fingerprint density at radius 2 is 2.00 bits per heavy atom. The molecule has 5 rings (SSSR count). The molecule has 2 aromatic carbocycles. The van der Waals surface area contributed by atoms with E-state index < -0.39 is 39.0 Å². The average molecular weight is 426 g/mol. The van der Waals surface area contributed by atoms with Crippen molar-refractivity contribution >= 4 is 16.0 Å². The summed E-state index contributed by atoms with van der Waals surface area (Å²) in [5.41, 5.74) is 1.18. The number of rotatable bonds is 4. The lowest BCUT2D eigenvalue weighted by Crippen LogP contribution is -2.68. The van der Waals surface area contributed by atoms with Gasteiger partial charge in [0.05, 0.1) is 17.7 Å². The molecule has 0 radical (unpaired) electrons. The predicted octanol–water partition coefficient (Wildman–Crippen LogP) is 2.53. The Morgan fingerprint density at radius 1 is 1.20 bits per heavy atom. The highest BCUT2D eigenvalue weighted by Gasteiger charge is 2.66. The van der Waals surface area contributed by atoms with Crippen molar-refractivity contribution in [3.8, 4) is 0 Å². The Labute approximate surface area is 175 Å². The lowest BCUT2D eigenvalue weighted by molar-refractivity contribution is -0.0867. The van der Waals surface area contributed by atoms with Crippen molar-refractivity contribution in [2.45, 2.75) is 48.9 Å². The SMILES string of the molecule is Cc1cccc(C(=O)O[C@H]2[C@H](Cc3ccccc3)NS(=O)(=O)[C@H]3C[C@H]4C=C[C@]23O4)c1. The number of nitrogens with one attached hydrogen (secondary N) is 1. The van der Waals surface area contributed by atoms with Gasteiger partial charge in [-0.2, -0.15) is 0 Å². The van der Waals surface area contributed by atoms with Crippen LogP contribution in [0.1, 0.15) is 27.9 Å². The topological polar surface area (TPSA) is 81.7 Å². The molecular formula is C23H23NO5S. The van der Waals surface area contributed by atoms with E-state index in [0.29, 0.717) is 18.4 Å². The average Bonchev–Trinajstić information content (AvgIpc) is 3.31. The molecule has 3 heterocycles. The van der Waals surface area contributed by atoms with Crippen LogP contribution in [0.3, 0.4) is 0 Å². The second-order valence-corrected chi connectivity index (χ2v) is 10.1. The molecular weight excluding hydrogens is 402 g/mol. The molecule has 2 bridgehead atoms. The molecule has 0 unspecified atom stereocenters. The van der Waals surface area contributed by atoms with E-state index in [1.54, 1.807) is 24.3 Å². The number of aryl methyl sites for hydroxylation is 1. The zero-order valence-electron chi connectivity index (χ0n) is 16.5. The Bertz CT molecular complexity index is 1110. The normalized spacial score (nSPS) is 33.2. The highest BCUT2D eigenvalue weighted by molar-refractivity contribution is 7.90. The third-order valence-electron chi connectivity index (χ3n) is 6.16. The molecule has 0 aromatic heterocycles. The molecule has 156 valence electrons. The minimum atomic E-state index is -3.63. The van der Waals surface area contributed by atoms with Crippen LogP contribution < -0.4 is 4.72 Å². The van der Waals surface area contributed by atoms with E-state index in [-0.39, 0.29) is 6.10 Å². The molecule has 7 heteroatoms. The maximum atomic E-state index is 13.0. The van der Waals surface area contributed by atoms with E-state index in [4.69, 9.17) is 9.47 Å². The van der Waals surface area contributed by atoms with Crippen molar-refractivity contribution in [3.05, 3.63) is 83.4 Å². The fourth-order valence-electron chi connectivity index (χ4n) is 4.83. The summed E-state index contributed by atoms with van der Waals surface area (Å²) in [5.74, 6) is -0.483. The minimum absolute atomic E-state index is 0.276. The molecule has 1 spiro atoms. The fraction of sp³-hybridized carbons (Fsp3) is 0.348. The molecule has 3 aliphatic rings. The van der Waals surface area contributed by atoms with Gasteiger partial charge in [-0.25, -0.2) is 17.9 Å². The Balaban J connectivity index is 1.52. The molecule has 0 saturated carbocycles. The van der Waals surface area contributed by atoms with E-state index in [2.05, 4.69) is 4.72 Å². The Kier molecular flexibility index (Phi) is 4.57. The lowest BCUT2D eigenvalue weighted by Gasteiger charge is -2.45. The number of esters is 1. The van der Waals surface area contributed by atoms with E-state index in [9.17, 15) is 13.2 Å². The van der Waals surface area contributed by atoms with Gasteiger partial charge in [-0.05, 0) is 43.5 Å². The van der Waals surface area contributed by atoms with Crippen LogP contribution in [0.5, 0.6) is 0 Å². The minimum Gasteiger partial charge on any atom is -0.454 e. The van der Waals surface area contributed by atoms with Crippen molar-refractivity contribution < 1.29 is 22.7 Å². The fourth-order valence-corrected chi connectivity index (χ4v) is 6.82. The van der Waals surface area contributed by atoms with Gasteiger partial charge in [0, 0.05) is 0 Å². The maximum absolute atomic E-state index is 13.0. The summed E-state index contributed by atoms with van der Waals surface area (Å²) >= 11 is 0. The summed E-state index contributed by atoms with van der Waals surface area (Å²) in [6.45, 7) is 1.91. The van der Waals surface area contributed by atoms with E-state index in [1.807, 2.05) is 49.4 Å². The molecule has 1 N–H and O–H groups in total. The van der Waals surface area contributed by atoms with Crippen LogP contribution in [0.4, 0.5) is 0 Å². The zero-order valence-corrected chi connectivity index (χ0v) is 17.3. The van der Waals surface area contributed by atoms with Crippen LogP contribution in [-0.4, -0.2) is 43.5 Å². The number of carbonyl (C=O) groups is 1. The predicted molar refractivity (Wildman–Crippen MR) is 112 cm³/mol. The van der Waals surface area contributed by atoms with Gasteiger partial charge in [-0.1, -0.05) is 54.1 Å². The largest absolute Gasteiger partial charge is 0.454 e. The zero-order chi connectivity index (χ0) is 20.9. The van der Waals surface area contributed by atoms with E-state index >= 15 is 0 Å². The molecule has 2 aromatic rings. The van der Waals surface area contributed by atoms with Gasteiger partial charge in [-0.15, -0.1) is 0 Å². The number of ether oxygens (including phenoxy) is 2. The number of hydrogen-bond acceptors (Lipinski definition) is 5. The van der Waals surface area contributed by atoms with Gasteiger partial charge in [0.25, 0.3) is 0 Å². The van der Waals surface area contributed by atoms with Crippen LogP contribution >= 0.6 is 0 Å². The Hall–Kier alpha value is -2.48. The van der Waals surface area contributed by atoms with Gasteiger partial charge in [0.15, 0.2) is 6.10 Å². The van der Waals surface area contributed by atoms with Crippen molar-refractivity contribution in [1.29, 1.82) is 0 Å². The standard InChI is InChI=1S/C23H23NO5S/c1-15-6-5-9-17(12-15)22(25)28-21-19(13-16-7-3-2-4-8-16)24-30(26,27)20-14-18-10-11-23(20,21)29-18/h2-12,18-21,24H,13-14H2,1H3/t18-,19+,20+,21+,23-/m1/s1. The van der Waals surface area contributed by atoms with Gasteiger partial charge in [0.1, 0.15) is 10.9 Å². The molecule has 6 nitrogen and oxygen atoms in total. The Morgan fingerprint density at radius 3 is 2.73 bits per heavy atom. The van der Waals surface area contributed by atoms with Gasteiger partial charge in [0.2, 0.25) is 10.0 Å². The van der Waals surface area contributed by atoms with Crippen molar-refractivity contribution in [2.24, 2.45) is 0 Å². The molecule has 30 heavy (non-hydrogen) atoms. The quantitative estimate of drug-likeness (QED) is 0.601. The van der Waals surface area contributed by atoms with Crippen LogP contribution in [0.25, 0.3) is 0 Å². The molecule has 3 aliphatic heterocycles. The van der Waals surface area contributed by atoms with Crippen LogP contribution in [0.2, 0.25) is 0 Å². The second kappa shape index (κ2) is 7.04. The first-order valence-corrected chi connectivity index (χ1v) is 11.6. The summed E-state index contributed by atoms with van der Waals surface area (Å²) in [4.78, 5) is 13.0. The first-order valence-electron chi connectivity index (χ1n) is 10.1. The summed E-state index contributed by atoms with van der Waals surface area (Å²) in [7, 11) is -3.63. The summed E-state index contributed by atoms with van der Waals surface area (Å²) in [6.07, 6.45) is 3.37. The van der Waals surface area contributed by atoms with Crippen molar-refractivity contribution in [1.82, 2.24) is 4.72 Å². The summed E-state index contributed by atoms with van der Waals surface area (Å²) in [6, 6.07) is 16.1. The number of carbonyl (C=O) groups excluding carboxylic acids is 1. The smallest absolute Gasteiger partial charge is 0.338 e. The van der Waals surface area contributed by atoms with Crippen LogP contribution in [-0.2, 0) is 25.9 Å². The highest BCUT2D eigenvalue weighted by atomic mass is 32.2. The molecule has 2 saturated heterocycles. The third-order valence-corrected chi connectivity index (χ3v) is 8.10. The first-order chi connectivity index (χ1) is 14.4. The van der Waals surface area contributed by atoms with Crippen LogP contribution in [0, 0.1) is 6.92 Å². The summed E-state index contributed by atoms with van der Waals surface area (Å²) < 4.78 is 41.0. The monoisotopic (exact) mass is 425 g/mol. The van der Waals surface area contributed by atoms with Crippen LogP contribution in [0.15, 0.2) is 66.7 Å². The third kappa shape index (κ3) is 3.17. The summed E-state index contributed by atoms with van der Waals surface area (Å²) in [5, 5.41) is -0.776. The number of sulfonamides is 1.